The van der Waals surface area contributed by atoms with Crippen LogP contribution in [0.2, 0.25) is 0 Å². The SMILES string of the molecule is O=C1C2CCCC(C2)N1c1ccccc1. The van der Waals surface area contributed by atoms with E-state index in [9.17, 15) is 4.79 Å². The minimum absolute atomic E-state index is 0.309. The third kappa shape index (κ3) is 1.36. The van der Waals surface area contributed by atoms with Crippen LogP contribution in [0.15, 0.2) is 30.3 Å². The van der Waals surface area contributed by atoms with E-state index in [4.69, 9.17) is 0 Å². The summed E-state index contributed by atoms with van der Waals surface area (Å²) in [6.45, 7) is 0. The Bertz CT molecular complexity index is 373. The highest BCUT2D eigenvalue weighted by atomic mass is 16.2. The summed E-state index contributed by atoms with van der Waals surface area (Å²) in [4.78, 5) is 14.1. The molecule has 1 aliphatic heterocycles. The van der Waals surface area contributed by atoms with Crippen LogP contribution in [0.5, 0.6) is 0 Å². The molecule has 1 saturated carbocycles. The molecule has 0 radical (unpaired) electrons. The van der Waals surface area contributed by atoms with Crippen LogP contribution in [-0.4, -0.2) is 11.9 Å². The third-order valence-electron chi connectivity index (χ3n) is 3.63. The van der Waals surface area contributed by atoms with Gasteiger partial charge in [0.15, 0.2) is 0 Å². The third-order valence-corrected chi connectivity index (χ3v) is 3.63. The summed E-state index contributed by atoms with van der Waals surface area (Å²) >= 11 is 0. The average Bonchev–Trinajstić information content (AvgIpc) is 2.51. The van der Waals surface area contributed by atoms with E-state index in [0.29, 0.717) is 17.9 Å². The van der Waals surface area contributed by atoms with Gasteiger partial charge in [0.05, 0.1) is 0 Å². The molecule has 1 heterocycles. The molecular formula is C13H15NO. The number of fused-ring (bicyclic) bond motifs is 2. The second-order valence-corrected chi connectivity index (χ2v) is 4.56. The first-order chi connectivity index (χ1) is 7.36. The number of benzene rings is 1. The van der Waals surface area contributed by atoms with Crippen molar-refractivity contribution in [1.29, 1.82) is 0 Å². The molecule has 15 heavy (non-hydrogen) atoms. The Morgan fingerprint density at radius 2 is 1.93 bits per heavy atom. The van der Waals surface area contributed by atoms with Crippen molar-refractivity contribution in [1.82, 2.24) is 0 Å². The maximum atomic E-state index is 12.1. The van der Waals surface area contributed by atoms with Crippen molar-refractivity contribution < 1.29 is 4.79 Å². The smallest absolute Gasteiger partial charge is 0.230 e. The molecule has 2 aliphatic rings. The summed E-state index contributed by atoms with van der Waals surface area (Å²) in [5.74, 6) is 0.660. The summed E-state index contributed by atoms with van der Waals surface area (Å²) in [5.41, 5.74) is 1.08. The highest BCUT2D eigenvalue weighted by molar-refractivity contribution is 5.98. The molecule has 1 aromatic carbocycles. The molecular weight excluding hydrogens is 186 g/mol. The Hall–Kier alpha value is -1.31. The second-order valence-electron chi connectivity index (χ2n) is 4.56. The molecule has 3 rings (SSSR count). The second kappa shape index (κ2) is 3.37. The average molecular weight is 201 g/mol. The van der Waals surface area contributed by atoms with E-state index < -0.39 is 0 Å². The van der Waals surface area contributed by atoms with E-state index in [1.165, 1.54) is 12.8 Å². The zero-order chi connectivity index (χ0) is 10.3. The minimum Gasteiger partial charge on any atom is -0.309 e. The van der Waals surface area contributed by atoms with Gasteiger partial charge in [-0.3, -0.25) is 4.79 Å². The van der Waals surface area contributed by atoms with Gasteiger partial charge in [-0.2, -0.15) is 0 Å². The van der Waals surface area contributed by atoms with E-state index in [1.54, 1.807) is 0 Å². The van der Waals surface area contributed by atoms with Crippen LogP contribution >= 0.6 is 0 Å². The van der Waals surface area contributed by atoms with Gasteiger partial charge >= 0.3 is 0 Å². The van der Waals surface area contributed by atoms with E-state index in [1.807, 2.05) is 35.2 Å². The van der Waals surface area contributed by atoms with Crippen LogP contribution in [0.4, 0.5) is 5.69 Å². The first-order valence-corrected chi connectivity index (χ1v) is 5.74. The van der Waals surface area contributed by atoms with Gasteiger partial charge in [-0.25, -0.2) is 0 Å². The lowest BCUT2D eigenvalue weighted by Gasteiger charge is -2.24. The van der Waals surface area contributed by atoms with Gasteiger partial charge in [0.25, 0.3) is 0 Å². The number of anilines is 1. The number of hydrogen-bond acceptors (Lipinski definition) is 1. The Labute approximate surface area is 89.9 Å². The summed E-state index contributed by atoms with van der Waals surface area (Å²) in [6, 6.07) is 10.6. The monoisotopic (exact) mass is 201 g/mol. The van der Waals surface area contributed by atoms with Crippen molar-refractivity contribution in [2.75, 3.05) is 4.90 Å². The molecule has 1 aromatic rings. The van der Waals surface area contributed by atoms with Crippen molar-refractivity contribution >= 4 is 11.6 Å². The molecule has 0 N–H and O–H groups in total. The number of carbonyl (C=O) groups is 1. The largest absolute Gasteiger partial charge is 0.309 e. The maximum absolute atomic E-state index is 12.1. The van der Waals surface area contributed by atoms with Gasteiger partial charge in [-0.05, 0) is 31.4 Å². The maximum Gasteiger partial charge on any atom is 0.230 e. The molecule has 2 fully saturated rings. The normalized spacial score (nSPS) is 29.6. The summed E-state index contributed by atoms with van der Waals surface area (Å²) in [7, 11) is 0. The van der Waals surface area contributed by atoms with Crippen molar-refractivity contribution in [3.05, 3.63) is 30.3 Å². The Kier molecular flexibility index (Phi) is 2.01. The van der Waals surface area contributed by atoms with Crippen LogP contribution in [0, 0.1) is 5.92 Å². The first kappa shape index (κ1) is 8.96. The fourth-order valence-corrected chi connectivity index (χ4v) is 2.93. The molecule has 2 atom stereocenters. The van der Waals surface area contributed by atoms with E-state index >= 15 is 0 Å². The van der Waals surface area contributed by atoms with Gasteiger partial charge in [-0.1, -0.05) is 24.6 Å². The van der Waals surface area contributed by atoms with E-state index in [0.717, 1.165) is 18.5 Å². The molecule has 0 spiro atoms. The van der Waals surface area contributed by atoms with Crippen molar-refractivity contribution in [3.63, 3.8) is 0 Å². The molecule has 1 saturated heterocycles. The molecule has 2 heteroatoms. The van der Waals surface area contributed by atoms with Crippen molar-refractivity contribution in [3.8, 4) is 0 Å². The van der Waals surface area contributed by atoms with Crippen LogP contribution in [0.3, 0.4) is 0 Å². The minimum atomic E-state index is 0.309. The molecule has 2 nitrogen and oxygen atoms in total. The number of nitrogens with zero attached hydrogens (tertiary/aromatic N) is 1. The lowest BCUT2D eigenvalue weighted by atomic mass is 9.90. The van der Waals surface area contributed by atoms with E-state index in [-0.39, 0.29) is 0 Å². The van der Waals surface area contributed by atoms with Crippen LogP contribution < -0.4 is 4.90 Å². The molecule has 2 bridgehead atoms. The topological polar surface area (TPSA) is 20.3 Å². The number of amides is 1. The standard InChI is InChI=1S/C13H15NO/c15-13-10-5-4-8-12(9-10)14(13)11-6-2-1-3-7-11/h1-3,6-7,10,12H,4-5,8-9H2. The Morgan fingerprint density at radius 1 is 1.13 bits per heavy atom. The number of carbonyl (C=O) groups excluding carboxylic acids is 1. The Morgan fingerprint density at radius 3 is 2.67 bits per heavy atom. The molecule has 78 valence electrons. The molecule has 0 aromatic heterocycles. The van der Waals surface area contributed by atoms with Gasteiger partial charge in [0, 0.05) is 17.6 Å². The lowest BCUT2D eigenvalue weighted by Crippen LogP contribution is -2.32. The predicted octanol–water partition coefficient (Wildman–Crippen LogP) is 2.59. The summed E-state index contributed by atoms with van der Waals surface area (Å²) in [6.07, 6.45) is 4.56. The van der Waals surface area contributed by atoms with Crippen LogP contribution in [-0.2, 0) is 4.79 Å². The molecule has 2 unspecified atom stereocenters. The first-order valence-electron chi connectivity index (χ1n) is 5.74. The van der Waals surface area contributed by atoms with Gasteiger partial charge < -0.3 is 4.90 Å². The number of rotatable bonds is 1. The predicted molar refractivity (Wildman–Crippen MR) is 59.7 cm³/mol. The van der Waals surface area contributed by atoms with Crippen molar-refractivity contribution in [2.45, 2.75) is 31.7 Å². The Balaban J connectivity index is 1.96. The summed E-state index contributed by atoms with van der Waals surface area (Å²) in [5, 5.41) is 0. The van der Waals surface area contributed by atoms with Crippen LogP contribution in [0.25, 0.3) is 0 Å². The fourth-order valence-electron chi connectivity index (χ4n) is 2.93. The molecule has 1 amide bonds. The highest BCUT2D eigenvalue weighted by Gasteiger charge is 2.42. The zero-order valence-electron chi connectivity index (χ0n) is 8.73. The van der Waals surface area contributed by atoms with Gasteiger partial charge in [0.1, 0.15) is 0 Å². The number of hydrogen-bond donors (Lipinski definition) is 0. The van der Waals surface area contributed by atoms with Crippen LogP contribution in [0.1, 0.15) is 25.7 Å². The molecule has 1 aliphatic carbocycles. The zero-order valence-corrected chi connectivity index (χ0v) is 8.73. The number of para-hydroxylation sites is 1. The fraction of sp³-hybridized carbons (Fsp3) is 0.462. The van der Waals surface area contributed by atoms with Gasteiger partial charge in [-0.15, -0.1) is 0 Å². The highest BCUT2D eigenvalue weighted by Crippen LogP contribution is 2.39. The quantitative estimate of drug-likeness (QED) is 0.684. The summed E-state index contributed by atoms with van der Waals surface area (Å²) < 4.78 is 0. The lowest BCUT2D eigenvalue weighted by molar-refractivity contribution is -0.120. The van der Waals surface area contributed by atoms with E-state index in [2.05, 4.69) is 0 Å². The van der Waals surface area contributed by atoms with Gasteiger partial charge in [0.2, 0.25) is 5.91 Å². The van der Waals surface area contributed by atoms with Crippen molar-refractivity contribution in [2.24, 2.45) is 5.92 Å².